The first kappa shape index (κ1) is 10.0. The third kappa shape index (κ3) is 2.46. The highest BCUT2D eigenvalue weighted by atomic mass is 16.3. The first-order valence-corrected chi connectivity index (χ1v) is 4.95. The molecule has 0 aromatic carbocycles. The number of hydrogen-bond acceptors (Lipinski definition) is 2. The van der Waals surface area contributed by atoms with Crippen molar-refractivity contribution in [2.24, 2.45) is 5.92 Å². The Morgan fingerprint density at radius 2 is 1.67 bits per heavy atom. The standard InChI is InChI=1S/C10H21NO/c1-8(11(2)3)9-4-6-10(12)7-5-9/h8-10,12H,4-7H2,1-3H3/t8-,9?,10?/m1/s1. The van der Waals surface area contributed by atoms with E-state index in [4.69, 9.17) is 0 Å². The molecule has 12 heavy (non-hydrogen) atoms. The molecule has 1 N–H and O–H groups in total. The SMILES string of the molecule is C[C@H](C1CCC(O)CC1)N(C)C. The molecule has 2 heteroatoms. The van der Waals surface area contributed by atoms with E-state index in [1.807, 2.05) is 0 Å². The largest absolute Gasteiger partial charge is 0.393 e. The fourth-order valence-corrected chi connectivity index (χ4v) is 2.01. The Bertz CT molecular complexity index is 128. The molecule has 1 aliphatic rings. The van der Waals surface area contributed by atoms with Gasteiger partial charge in [0.05, 0.1) is 6.10 Å². The number of hydrogen-bond donors (Lipinski definition) is 1. The van der Waals surface area contributed by atoms with Gasteiger partial charge in [0.1, 0.15) is 0 Å². The second-order valence-electron chi connectivity index (χ2n) is 4.27. The maximum absolute atomic E-state index is 9.33. The van der Waals surface area contributed by atoms with Crippen LogP contribution in [0, 0.1) is 5.92 Å². The van der Waals surface area contributed by atoms with Gasteiger partial charge in [0.2, 0.25) is 0 Å². The number of aliphatic hydroxyl groups is 1. The van der Waals surface area contributed by atoms with Gasteiger partial charge in [0.15, 0.2) is 0 Å². The van der Waals surface area contributed by atoms with Crippen molar-refractivity contribution in [1.82, 2.24) is 4.90 Å². The minimum atomic E-state index is -0.0180. The van der Waals surface area contributed by atoms with Crippen LogP contribution < -0.4 is 0 Å². The average molecular weight is 171 g/mol. The smallest absolute Gasteiger partial charge is 0.0540 e. The zero-order valence-electron chi connectivity index (χ0n) is 8.45. The van der Waals surface area contributed by atoms with Crippen LogP contribution in [0.4, 0.5) is 0 Å². The van der Waals surface area contributed by atoms with Crippen LogP contribution >= 0.6 is 0 Å². The summed E-state index contributed by atoms with van der Waals surface area (Å²) in [4.78, 5) is 2.28. The highest BCUT2D eigenvalue weighted by molar-refractivity contribution is 4.78. The van der Waals surface area contributed by atoms with Gasteiger partial charge in [0.25, 0.3) is 0 Å². The van der Waals surface area contributed by atoms with Crippen molar-refractivity contribution >= 4 is 0 Å². The van der Waals surface area contributed by atoms with Gasteiger partial charge >= 0.3 is 0 Å². The van der Waals surface area contributed by atoms with Gasteiger partial charge < -0.3 is 10.0 Å². The van der Waals surface area contributed by atoms with Crippen molar-refractivity contribution in [3.05, 3.63) is 0 Å². The molecule has 72 valence electrons. The summed E-state index contributed by atoms with van der Waals surface area (Å²) in [6, 6.07) is 0.664. The fraction of sp³-hybridized carbons (Fsp3) is 1.00. The molecule has 0 aromatic heterocycles. The van der Waals surface area contributed by atoms with Gasteiger partial charge in [-0.2, -0.15) is 0 Å². The van der Waals surface area contributed by atoms with Crippen molar-refractivity contribution in [3.8, 4) is 0 Å². The van der Waals surface area contributed by atoms with Gasteiger partial charge in [0, 0.05) is 6.04 Å². The van der Waals surface area contributed by atoms with Crippen LogP contribution in [-0.4, -0.2) is 36.2 Å². The predicted octanol–water partition coefficient (Wildman–Crippen LogP) is 1.49. The number of aliphatic hydroxyl groups excluding tert-OH is 1. The molecule has 0 unspecified atom stereocenters. The third-order valence-electron chi connectivity index (χ3n) is 3.24. The van der Waals surface area contributed by atoms with Crippen molar-refractivity contribution in [2.45, 2.75) is 44.8 Å². The zero-order valence-corrected chi connectivity index (χ0v) is 8.45. The molecule has 1 fully saturated rings. The molecular weight excluding hydrogens is 150 g/mol. The van der Waals surface area contributed by atoms with Gasteiger partial charge in [-0.1, -0.05) is 0 Å². The summed E-state index contributed by atoms with van der Waals surface area (Å²) in [6.07, 6.45) is 4.38. The molecule has 1 aliphatic carbocycles. The van der Waals surface area contributed by atoms with Crippen LogP contribution in [-0.2, 0) is 0 Å². The Morgan fingerprint density at radius 1 is 1.17 bits per heavy atom. The highest BCUT2D eigenvalue weighted by Gasteiger charge is 2.24. The first-order chi connectivity index (χ1) is 5.61. The van der Waals surface area contributed by atoms with Crippen molar-refractivity contribution < 1.29 is 5.11 Å². The maximum Gasteiger partial charge on any atom is 0.0540 e. The van der Waals surface area contributed by atoms with Gasteiger partial charge in [-0.05, 0) is 52.6 Å². The Hall–Kier alpha value is -0.0800. The molecule has 0 bridgehead atoms. The monoisotopic (exact) mass is 171 g/mol. The van der Waals surface area contributed by atoms with E-state index >= 15 is 0 Å². The highest BCUT2D eigenvalue weighted by Crippen LogP contribution is 2.28. The summed E-state index contributed by atoms with van der Waals surface area (Å²) < 4.78 is 0. The number of rotatable bonds is 2. The third-order valence-corrected chi connectivity index (χ3v) is 3.24. The molecule has 0 saturated heterocycles. The molecule has 0 heterocycles. The normalized spacial score (nSPS) is 33.8. The lowest BCUT2D eigenvalue weighted by Gasteiger charge is -2.33. The molecule has 1 rings (SSSR count). The Balaban J connectivity index is 2.34. The summed E-state index contributed by atoms with van der Waals surface area (Å²) in [5, 5.41) is 9.33. The van der Waals surface area contributed by atoms with Gasteiger partial charge in [-0.15, -0.1) is 0 Å². The maximum atomic E-state index is 9.33. The second-order valence-corrected chi connectivity index (χ2v) is 4.27. The molecule has 2 nitrogen and oxygen atoms in total. The lowest BCUT2D eigenvalue weighted by atomic mass is 9.83. The molecular formula is C10H21NO. The Labute approximate surface area is 75.6 Å². The van der Waals surface area contributed by atoms with E-state index in [0.717, 1.165) is 18.8 Å². The van der Waals surface area contributed by atoms with Crippen LogP contribution in [0.5, 0.6) is 0 Å². The lowest BCUT2D eigenvalue weighted by Crippen LogP contribution is -2.35. The number of nitrogens with zero attached hydrogens (tertiary/aromatic N) is 1. The van der Waals surface area contributed by atoms with Crippen LogP contribution in [0.25, 0.3) is 0 Å². The van der Waals surface area contributed by atoms with Crippen LogP contribution in [0.2, 0.25) is 0 Å². The Morgan fingerprint density at radius 3 is 2.08 bits per heavy atom. The van der Waals surface area contributed by atoms with Crippen molar-refractivity contribution in [3.63, 3.8) is 0 Å². The van der Waals surface area contributed by atoms with Gasteiger partial charge in [-0.3, -0.25) is 0 Å². The van der Waals surface area contributed by atoms with E-state index < -0.39 is 0 Å². The van der Waals surface area contributed by atoms with E-state index in [1.165, 1.54) is 12.8 Å². The van der Waals surface area contributed by atoms with Crippen LogP contribution in [0.3, 0.4) is 0 Å². The van der Waals surface area contributed by atoms with Crippen LogP contribution in [0.1, 0.15) is 32.6 Å². The first-order valence-electron chi connectivity index (χ1n) is 4.95. The fourth-order valence-electron chi connectivity index (χ4n) is 2.01. The second kappa shape index (κ2) is 4.24. The van der Waals surface area contributed by atoms with E-state index in [2.05, 4.69) is 25.9 Å². The minimum absolute atomic E-state index is 0.0180. The molecule has 1 saturated carbocycles. The molecule has 0 radical (unpaired) electrons. The molecule has 0 spiro atoms. The van der Waals surface area contributed by atoms with E-state index in [9.17, 15) is 5.11 Å². The van der Waals surface area contributed by atoms with Gasteiger partial charge in [-0.25, -0.2) is 0 Å². The summed E-state index contributed by atoms with van der Waals surface area (Å²) >= 11 is 0. The summed E-state index contributed by atoms with van der Waals surface area (Å²) in [6.45, 7) is 2.28. The van der Waals surface area contributed by atoms with E-state index in [1.54, 1.807) is 0 Å². The van der Waals surface area contributed by atoms with E-state index in [0.29, 0.717) is 6.04 Å². The molecule has 0 aliphatic heterocycles. The van der Waals surface area contributed by atoms with Crippen molar-refractivity contribution in [2.75, 3.05) is 14.1 Å². The predicted molar refractivity (Wildman–Crippen MR) is 51.1 cm³/mol. The Kier molecular flexibility index (Phi) is 3.53. The topological polar surface area (TPSA) is 23.5 Å². The summed E-state index contributed by atoms with van der Waals surface area (Å²) in [5.41, 5.74) is 0. The molecule has 1 atom stereocenters. The average Bonchev–Trinajstić information content (AvgIpc) is 2.04. The molecule has 0 amide bonds. The summed E-state index contributed by atoms with van der Waals surface area (Å²) in [5.74, 6) is 0.795. The summed E-state index contributed by atoms with van der Waals surface area (Å²) in [7, 11) is 4.27. The zero-order chi connectivity index (χ0) is 9.14. The minimum Gasteiger partial charge on any atom is -0.393 e. The van der Waals surface area contributed by atoms with E-state index in [-0.39, 0.29) is 6.10 Å². The lowest BCUT2D eigenvalue weighted by molar-refractivity contribution is 0.0827. The quantitative estimate of drug-likeness (QED) is 0.680. The van der Waals surface area contributed by atoms with Crippen LogP contribution in [0.15, 0.2) is 0 Å². The van der Waals surface area contributed by atoms with Crippen molar-refractivity contribution in [1.29, 1.82) is 0 Å². The molecule has 0 aromatic rings.